The summed E-state index contributed by atoms with van der Waals surface area (Å²) in [6, 6.07) is 17.4. The molecule has 0 fully saturated rings. The number of amides is 1. The molecule has 2 aromatic carbocycles. The molecule has 1 N–H and O–H groups in total. The van der Waals surface area contributed by atoms with Gasteiger partial charge in [-0.05, 0) is 29.3 Å². The molecular weight excluding hydrogens is 340 g/mol. The molecule has 0 saturated carbocycles. The molecule has 0 spiro atoms. The summed E-state index contributed by atoms with van der Waals surface area (Å²) in [7, 11) is 0. The standard InChI is InChI=1S/C21H18N4O2/c26-20(10-11-21-24-18-8-3-4-9-19(18)27-21)22-14-16-6-1-2-7-17(16)15-25-13-5-12-23-25/h1-13H,14-15H2,(H,22,26)/b11-10+. The van der Waals surface area contributed by atoms with E-state index >= 15 is 0 Å². The Kier molecular flexibility index (Phi) is 4.78. The molecule has 0 unspecified atom stereocenters. The second kappa shape index (κ2) is 7.70. The lowest BCUT2D eigenvalue weighted by atomic mass is 10.1. The maximum atomic E-state index is 12.1. The molecule has 0 bridgehead atoms. The average Bonchev–Trinajstić information content (AvgIpc) is 3.34. The normalized spacial score (nSPS) is 11.3. The summed E-state index contributed by atoms with van der Waals surface area (Å²) in [5, 5.41) is 7.13. The number of carbonyl (C=O) groups is 1. The minimum atomic E-state index is -0.203. The molecule has 6 heteroatoms. The van der Waals surface area contributed by atoms with E-state index in [1.54, 1.807) is 12.3 Å². The van der Waals surface area contributed by atoms with Crippen LogP contribution in [0.2, 0.25) is 0 Å². The predicted octanol–water partition coefficient (Wildman–Crippen LogP) is 3.40. The molecule has 0 radical (unpaired) electrons. The van der Waals surface area contributed by atoms with E-state index in [1.807, 2.05) is 65.5 Å². The maximum absolute atomic E-state index is 12.1. The van der Waals surface area contributed by atoms with Crippen molar-refractivity contribution in [3.05, 3.63) is 90.1 Å². The van der Waals surface area contributed by atoms with Gasteiger partial charge in [-0.3, -0.25) is 9.48 Å². The Hall–Kier alpha value is -3.67. The van der Waals surface area contributed by atoms with E-state index in [1.165, 1.54) is 6.08 Å². The van der Waals surface area contributed by atoms with Crippen LogP contribution in [-0.2, 0) is 17.9 Å². The SMILES string of the molecule is O=C(/C=C/c1nc2ccccc2o1)NCc1ccccc1Cn1cccn1. The summed E-state index contributed by atoms with van der Waals surface area (Å²) in [6.45, 7) is 1.10. The summed E-state index contributed by atoms with van der Waals surface area (Å²) < 4.78 is 7.43. The predicted molar refractivity (Wildman–Crippen MR) is 103 cm³/mol. The van der Waals surface area contributed by atoms with Crippen molar-refractivity contribution in [2.24, 2.45) is 0 Å². The van der Waals surface area contributed by atoms with E-state index in [9.17, 15) is 4.79 Å². The third kappa shape index (κ3) is 4.12. The zero-order valence-electron chi connectivity index (χ0n) is 14.6. The van der Waals surface area contributed by atoms with Crippen molar-refractivity contribution in [3.8, 4) is 0 Å². The van der Waals surface area contributed by atoms with Crippen molar-refractivity contribution < 1.29 is 9.21 Å². The van der Waals surface area contributed by atoms with Gasteiger partial charge in [-0.2, -0.15) is 5.10 Å². The monoisotopic (exact) mass is 358 g/mol. The van der Waals surface area contributed by atoms with Gasteiger partial charge < -0.3 is 9.73 Å². The quantitative estimate of drug-likeness (QED) is 0.536. The Labute approximate surface area is 156 Å². The number of para-hydroxylation sites is 2. The van der Waals surface area contributed by atoms with Crippen LogP contribution in [0.3, 0.4) is 0 Å². The molecule has 27 heavy (non-hydrogen) atoms. The lowest BCUT2D eigenvalue weighted by Gasteiger charge is -2.10. The van der Waals surface area contributed by atoms with Gasteiger partial charge in [0.05, 0.1) is 6.54 Å². The van der Waals surface area contributed by atoms with E-state index in [-0.39, 0.29) is 5.91 Å². The lowest BCUT2D eigenvalue weighted by Crippen LogP contribution is -2.21. The second-order valence-corrected chi connectivity index (χ2v) is 6.04. The van der Waals surface area contributed by atoms with Crippen molar-refractivity contribution in [1.82, 2.24) is 20.1 Å². The van der Waals surface area contributed by atoms with Gasteiger partial charge in [0.1, 0.15) is 5.52 Å². The number of benzene rings is 2. The van der Waals surface area contributed by atoms with Crippen molar-refractivity contribution in [2.75, 3.05) is 0 Å². The number of hydrogen-bond acceptors (Lipinski definition) is 4. The molecule has 4 aromatic rings. The van der Waals surface area contributed by atoms with Gasteiger partial charge in [-0.25, -0.2) is 4.98 Å². The van der Waals surface area contributed by atoms with Crippen LogP contribution in [0.15, 0.2) is 77.5 Å². The number of rotatable bonds is 6. The van der Waals surface area contributed by atoms with Crippen LogP contribution >= 0.6 is 0 Å². The fraction of sp³-hybridized carbons (Fsp3) is 0.0952. The summed E-state index contributed by atoms with van der Waals surface area (Å²) in [5.74, 6) is 0.205. The Balaban J connectivity index is 1.39. The number of aromatic nitrogens is 3. The molecule has 4 rings (SSSR count). The van der Waals surface area contributed by atoms with Crippen molar-refractivity contribution in [1.29, 1.82) is 0 Å². The zero-order valence-corrected chi connectivity index (χ0v) is 14.6. The molecule has 0 aliphatic heterocycles. The van der Waals surface area contributed by atoms with E-state index in [4.69, 9.17) is 4.42 Å². The van der Waals surface area contributed by atoms with Gasteiger partial charge in [0.25, 0.3) is 0 Å². The van der Waals surface area contributed by atoms with Crippen LogP contribution in [-0.4, -0.2) is 20.7 Å². The lowest BCUT2D eigenvalue weighted by molar-refractivity contribution is -0.116. The first-order chi connectivity index (χ1) is 13.3. The Morgan fingerprint density at radius 1 is 1.07 bits per heavy atom. The van der Waals surface area contributed by atoms with E-state index in [2.05, 4.69) is 15.4 Å². The van der Waals surface area contributed by atoms with Crippen LogP contribution in [0.5, 0.6) is 0 Å². The van der Waals surface area contributed by atoms with Gasteiger partial charge in [0.15, 0.2) is 5.58 Å². The second-order valence-electron chi connectivity index (χ2n) is 6.04. The van der Waals surface area contributed by atoms with Gasteiger partial charge >= 0.3 is 0 Å². The molecule has 2 aromatic heterocycles. The number of fused-ring (bicyclic) bond motifs is 1. The molecule has 0 saturated heterocycles. The topological polar surface area (TPSA) is 73.0 Å². The molecule has 0 aliphatic carbocycles. The highest BCUT2D eigenvalue weighted by atomic mass is 16.3. The summed E-state index contributed by atoms with van der Waals surface area (Å²) in [6.07, 6.45) is 6.67. The van der Waals surface area contributed by atoms with Crippen molar-refractivity contribution in [2.45, 2.75) is 13.1 Å². The van der Waals surface area contributed by atoms with Crippen LogP contribution < -0.4 is 5.32 Å². The van der Waals surface area contributed by atoms with E-state index in [0.717, 1.165) is 16.6 Å². The molecule has 134 valence electrons. The molecular formula is C21H18N4O2. The highest BCUT2D eigenvalue weighted by Gasteiger charge is 2.05. The minimum absolute atomic E-state index is 0.203. The minimum Gasteiger partial charge on any atom is -0.437 e. The van der Waals surface area contributed by atoms with Gasteiger partial charge in [0, 0.05) is 31.1 Å². The van der Waals surface area contributed by atoms with Crippen LogP contribution in [0.1, 0.15) is 17.0 Å². The maximum Gasteiger partial charge on any atom is 0.244 e. The van der Waals surface area contributed by atoms with Crippen LogP contribution in [0.25, 0.3) is 17.2 Å². The molecule has 0 aliphatic rings. The van der Waals surface area contributed by atoms with Crippen molar-refractivity contribution in [3.63, 3.8) is 0 Å². The first kappa shape index (κ1) is 16.8. The zero-order chi connectivity index (χ0) is 18.5. The third-order valence-corrected chi connectivity index (χ3v) is 4.15. The Morgan fingerprint density at radius 3 is 2.70 bits per heavy atom. The summed E-state index contributed by atoms with van der Waals surface area (Å²) in [5.41, 5.74) is 3.64. The molecule has 6 nitrogen and oxygen atoms in total. The highest BCUT2D eigenvalue weighted by molar-refractivity contribution is 5.91. The van der Waals surface area contributed by atoms with E-state index < -0.39 is 0 Å². The first-order valence-electron chi connectivity index (χ1n) is 8.63. The Bertz CT molecular complexity index is 1050. The van der Waals surface area contributed by atoms with Crippen molar-refractivity contribution >= 4 is 23.1 Å². The first-order valence-corrected chi connectivity index (χ1v) is 8.63. The third-order valence-electron chi connectivity index (χ3n) is 4.15. The van der Waals surface area contributed by atoms with E-state index in [0.29, 0.717) is 24.6 Å². The number of nitrogens with one attached hydrogen (secondary N) is 1. The fourth-order valence-electron chi connectivity index (χ4n) is 2.80. The summed E-state index contributed by atoms with van der Waals surface area (Å²) in [4.78, 5) is 16.5. The smallest absolute Gasteiger partial charge is 0.244 e. The molecule has 2 heterocycles. The number of nitrogens with zero attached hydrogens (tertiary/aromatic N) is 3. The number of hydrogen-bond donors (Lipinski definition) is 1. The van der Waals surface area contributed by atoms with Gasteiger partial charge in [-0.1, -0.05) is 36.4 Å². The average molecular weight is 358 g/mol. The van der Waals surface area contributed by atoms with Crippen LogP contribution in [0.4, 0.5) is 0 Å². The molecule has 0 atom stereocenters. The Morgan fingerprint density at radius 2 is 1.89 bits per heavy atom. The van der Waals surface area contributed by atoms with Crippen LogP contribution in [0, 0.1) is 0 Å². The number of carbonyl (C=O) groups excluding carboxylic acids is 1. The van der Waals surface area contributed by atoms with Gasteiger partial charge in [-0.15, -0.1) is 0 Å². The highest BCUT2D eigenvalue weighted by Crippen LogP contribution is 2.15. The summed E-state index contributed by atoms with van der Waals surface area (Å²) >= 11 is 0. The van der Waals surface area contributed by atoms with Gasteiger partial charge in [0.2, 0.25) is 11.8 Å². The largest absolute Gasteiger partial charge is 0.437 e. The fourth-order valence-corrected chi connectivity index (χ4v) is 2.80. The molecule has 1 amide bonds. The number of oxazole rings is 1.